The van der Waals surface area contributed by atoms with Crippen LogP contribution >= 0.6 is 0 Å². The lowest BCUT2D eigenvalue weighted by Crippen LogP contribution is -2.41. The Kier molecular flexibility index (Phi) is 6.46. The fraction of sp³-hybridized carbons (Fsp3) is 0.148. The number of benzene rings is 2. The number of aryl methyl sites for hydroxylation is 1. The molecule has 1 N–H and O–H groups in total. The van der Waals surface area contributed by atoms with Crippen molar-refractivity contribution in [2.75, 3.05) is 5.32 Å². The molecule has 0 aliphatic rings. The van der Waals surface area contributed by atoms with Crippen LogP contribution in [-0.2, 0) is 11.4 Å². The summed E-state index contributed by atoms with van der Waals surface area (Å²) >= 11 is 0. The van der Waals surface area contributed by atoms with Crippen molar-refractivity contribution >= 4 is 22.8 Å². The van der Waals surface area contributed by atoms with Crippen LogP contribution in [0.1, 0.15) is 18.3 Å². The second-order valence-corrected chi connectivity index (χ2v) is 8.27. The number of fused-ring (bicyclic) bond motifs is 1. The van der Waals surface area contributed by atoms with Crippen molar-refractivity contribution in [3.63, 3.8) is 0 Å². The van der Waals surface area contributed by atoms with Crippen molar-refractivity contribution in [3.8, 4) is 17.6 Å². The van der Waals surface area contributed by atoms with E-state index in [4.69, 9.17) is 9.47 Å². The van der Waals surface area contributed by atoms with Gasteiger partial charge in [0, 0.05) is 19.3 Å². The van der Waals surface area contributed by atoms with Gasteiger partial charge in [0.05, 0.1) is 22.4 Å². The highest BCUT2D eigenvalue weighted by Crippen LogP contribution is 2.27. The van der Waals surface area contributed by atoms with E-state index in [1.807, 2.05) is 31.2 Å². The average molecular weight is 499 g/mol. The molecule has 1 unspecified atom stereocenters. The Balaban J connectivity index is 1.33. The molecule has 0 spiro atoms. The zero-order valence-corrected chi connectivity index (χ0v) is 20.1. The van der Waals surface area contributed by atoms with E-state index in [0.29, 0.717) is 23.2 Å². The Labute approximate surface area is 212 Å². The molecule has 0 fully saturated rings. The Hall–Kier alpha value is -4.86. The molecule has 1 amide bonds. The highest BCUT2D eigenvalue weighted by Gasteiger charge is 2.36. The fourth-order valence-corrected chi connectivity index (χ4v) is 3.68. The molecule has 5 aromatic rings. The number of rotatable bonds is 8. The molecule has 1 atom stereocenters. The van der Waals surface area contributed by atoms with Gasteiger partial charge in [0.25, 0.3) is 0 Å². The number of nitrogens with one attached hydrogen (secondary N) is 1. The van der Waals surface area contributed by atoms with Crippen molar-refractivity contribution in [3.05, 3.63) is 96.6 Å². The molecule has 5 rings (SSSR count). The molecule has 10 heteroatoms. The predicted molar refractivity (Wildman–Crippen MR) is 135 cm³/mol. The molecular weight excluding hydrogens is 475 g/mol. The van der Waals surface area contributed by atoms with Crippen LogP contribution in [0.15, 0.2) is 85.2 Å². The number of aromatic nitrogens is 5. The maximum Gasteiger partial charge on any atom is 0.324 e. The topological polar surface area (TPSA) is 104 Å². The molecule has 0 bridgehead atoms. The van der Waals surface area contributed by atoms with Crippen LogP contribution in [0.5, 0.6) is 11.8 Å². The van der Waals surface area contributed by atoms with E-state index in [-0.39, 0.29) is 18.2 Å². The van der Waals surface area contributed by atoms with Gasteiger partial charge in [-0.05, 0) is 43.3 Å². The zero-order chi connectivity index (χ0) is 25.8. The maximum absolute atomic E-state index is 15.0. The quantitative estimate of drug-likeness (QED) is 0.328. The number of pyridine rings is 1. The number of carbonyl (C=O) groups is 1. The SMILES string of the molecule is Cc1nccnc1-n1c(OCc2cccc(NC(=O)C(C)(F)Oc3ccccc3)n2)nc2ccccc21. The van der Waals surface area contributed by atoms with Crippen molar-refractivity contribution < 1.29 is 18.7 Å². The van der Waals surface area contributed by atoms with E-state index < -0.39 is 11.8 Å². The number of carbonyl (C=O) groups excluding carboxylic acids is 1. The number of ether oxygens (including phenoxy) is 2. The van der Waals surface area contributed by atoms with Crippen LogP contribution in [-0.4, -0.2) is 36.3 Å². The van der Waals surface area contributed by atoms with Gasteiger partial charge in [0.2, 0.25) is 0 Å². The Bertz CT molecular complexity index is 1550. The first kappa shape index (κ1) is 23.9. The lowest BCUT2D eigenvalue weighted by Gasteiger charge is -2.21. The minimum Gasteiger partial charge on any atom is -0.458 e. The van der Waals surface area contributed by atoms with Gasteiger partial charge in [0.1, 0.15) is 18.2 Å². The third-order valence-electron chi connectivity index (χ3n) is 5.45. The van der Waals surface area contributed by atoms with E-state index in [2.05, 4.69) is 25.3 Å². The molecule has 9 nitrogen and oxygen atoms in total. The minimum absolute atomic E-state index is 0.0414. The van der Waals surface area contributed by atoms with Gasteiger partial charge < -0.3 is 14.8 Å². The van der Waals surface area contributed by atoms with Crippen LogP contribution in [0.4, 0.5) is 10.2 Å². The highest BCUT2D eigenvalue weighted by molar-refractivity contribution is 5.95. The van der Waals surface area contributed by atoms with E-state index in [1.165, 1.54) is 0 Å². The van der Waals surface area contributed by atoms with Gasteiger partial charge in [-0.15, -0.1) is 0 Å². The monoisotopic (exact) mass is 498 g/mol. The van der Waals surface area contributed by atoms with Gasteiger partial charge in [-0.1, -0.05) is 36.4 Å². The van der Waals surface area contributed by atoms with Crippen LogP contribution in [0, 0.1) is 6.92 Å². The van der Waals surface area contributed by atoms with Gasteiger partial charge >= 0.3 is 17.8 Å². The van der Waals surface area contributed by atoms with Crippen molar-refractivity contribution in [2.24, 2.45) is 0 Å². The van der Waals surface area contributed by atoms with Crippen molar-refractivity contribution in [1.29, 1.82) is 0 Å². The summed E-state index contributed by atoms with van der Waals surface area (Å²) in [6.07, 6.45) is 3.23. The largest absolute Gasteiger partial charge is 0.458 e. The van der Waals surface area contributed by atoms with E-state index in [0.717, 1.165) is 18.0 Å². The second kappa shape index (κ2) is 10.0. The number of imidazole rings is 1. The lowest BCUT2D eigenvalue weighted by atomic mass is 10.3. The van der Waals surface area contributed by atoms with Crippen molar-refractivity contribution in [2.45, 2.75) is 26.3 Å². The average Bonchev–Trinajstić information content (AvgIpc) is 3.26. The summed E-state index contributed by atoms with van der Waals surface area (Å²) in [7, 11) is 0. The highest BCUT2D eigenvalue weighted by atomic mass is 19.2. The summed E-state index contributed by atoms with van der Waals surface area (Å²) in [5.41, 5.74) is 2.76. The Morgan fingerprint density at radius 3 is 2.54 bits per heavy atom. The number of para-hydroxylation sites is 3. The molecule has 3 heterocycles. The summed E-state index contributed by atoms with van der Waals surface area (Å²) in [6.45, 7) is 2.94. The number of hydrogen-bond acceptors (Lipinski definition) is 7. The molecule has 3 aromatic heterocycles. The van der Waals surface area contributed by atoms with Gasteiger partial charge in [-0.25, -0.2) is 14.5 Å². The summed E-state index contributed by atoms with van der Waals surface area (Å²) in [6, 6.07) is 21.2. The summed E-state index contributed by atoms with van der Waals surface area (Å²) < 4.78 is 28.0. The number of anilines is 1. The third kappa shape index (κ3) is 5.22. The number of nitrogens with zero attached hydrogens (tertiary/aromatic N) is 5. The van der Waals surface area contributed by atoms with E-state index in [9.17, 15) is 9.18 Å². The van der Waals surface area contributed by atoms with Crippen LogP contribution in [0.2, 0.25) is 0 Å². The first-order valence-electron chi connectivity index (χ1n) is 11.5. The second-order valence-electron chi connectivity index (χ2n) is 8.27. The maximum atomic E-state index is 15.0. The lowest BCUT2D eigenvalue weighted by molar-refractivity contribution is -0.144. The predicted octanol–water partition coefficient (Wildman–Crippen LogP) is 4.80. The zero-order valence-electron chi connectivity index (χ0n) is 20.1. The first-order valence-corrected chi connectivity index (χ1v) is 11.5. The molecule has 37 heavy (non-hydrogen) atoms. The number of amides is 1. The van der Waals surface area contributed by atoms with Crippen molar-refractivity contribution in [1.82, 2.24) is 24.5 Å². The third-order valence-corrected chi connectivity index (χ3v) is 5.45. The van der Waals surface area contributed by atoms with E-state index >= 15 is 0 Å². The van der Waals surface area contributed by atoms with Crippen LogP contribution in [0.25, 0.3) is 16.9 Å². The summed E-state index contributed by atoms with van der Waals surface area (Å²) in [5, 5.41) is 2.46. The number of halogens is 1. The van der Waals surface area contributed by atoms with Gasteiger partial charge in [0.15, 0.2) is 5.82 Å². The number of alkyl halides is 1. The summed E-state index contributed by atoms with van der Waals surface area (Å²) in [4.78, 5) is 30.3. The normalized spacial score (nSPS) is 12.6. The molecule has 0 radical (unpaired) electrons. The Morgan fingerprint density at radius 2 is 1.73 bits per heavy atom. The standard InChI is InChI=1S/C27H23FN6O3/c1-18-24(30-16-15-29-18)34-22-13-7-6-12-21(22)32-26(34)36-17-19-9-8-14-23(31-19)33-25(35)27(2,28)37-20-10-4-3-5-11-20/h3-16H,17H2,1-2H3,(H,31,33,35). The molecule has 0 aliphatic carbocycles. The first-order chi connectivity index (χ1) is 17.9. The smallest absolute Gasteiger partial charge is 0.324 e. The molecular formula is C27H23FN6O3. The summed E-state index contributed by atoms with van der Waals surface area (Å²) in [5.74, 6) is -2.60. The van der Waals surface area contributed by atoms with Gasteiger partial charge in [-0.2, -0.15) is 9.37 Å². The minimum atomic E-state index is -2.60. The molecule has 186 valence electrons. The Morgan fingerprint density at radius 1 is 0.973 bits per heavy atom. The molecule has 2 aromatic carbocycles. The number of hydrogen-bond donors (Lipinski definition) is 1. The van der Waals surface area contributed by atoms with Crippen LogP contribution in [0.3, 0.4) is 0 Å². The molecule has 0 aliphatic heterocycles. The molecule has 0 saturated carbocycles. The van der Waals surface area contributed by atoms with Crippen LogP contribution < -0.4 is 14.8 Å². The van der Waals surface area contributed by atoms with Gasteiger partial charge in [-0.3, -0.25) is 9.78 Å². The van der Waals surface area contributed by atoms with E-state index in [1.54, 1.807) is 65.5 Å². The molecule has 0 saturated heterocycles. The fourth-order valence-electron chi connectivity index (χ4n) is 3.68.